The summed E-state index contributed by atoms with van der Waals surface area (Å²) in [5.41, 5.74) is 4.94. The number of nitrogens with one attached hydrogen (secondary N) is 1. The molecule has 0 saturated heterocycles. The molecular weight excluding hydrogens is 224 g/mol. The van der Waals surface area contributed by atoms with Crippen LogP contribution in [0, 0.1) is 5.92 Å². The Morgan fingerprint density at radius 3 is 2.41 bits per heavy atom. The number of nitrogens with two attached hydrogens (primary N) is 1. The number of amides is 2. The Bertz CT molecular complexity index is 343. The summed E-state index contributed by atoms with van der Waals surface area (Å²) < 4.78 is 0. The van der Waals surface area contributed by atoms with Crippen molar-refractivity contribution in [1.82, 2.24) is 5.32 Å². The van der Waals surface area contributed by atoms with Crippen molar-refractivity contribution in [3.8, 4) is 0 Å². The van der Waals surface area contributed by atoms with E-state index in [4.69, 9.17) is 10.8 Å². The second-order valence-corrected chi connectivity index (χ2v) is 4.04. The molecular formula is C11H16N2O4. The standard InChI is InChI=1S/C11H16N2O4/c12-9(14)6-5-8(11(16)17)13-10(15)7-3-1-2-4-7/h1-2,7-8H,3-6H2,(H2,12,14)(H,13,15)(H,16,17)/t8-/m0/s1. The Labute approximate surface area is 98.9 Å². The molecule has 1 aliphatic rings. The van der Waals surface area contributed by atoms with Gasteiger partial charge in [0.1, 0.15) is 6.04 Å². The van der Waals surface area contributed by atoms with Crippen LogP contribution in [0.1, 0.15) is 25.7 Å². The molecule has 0 fully saturated rings. The van der Waals surface area contributed by atoms with E-state index in [1.54, 1.807) is 0 Å². The number of hydrogen-bond donors (Lipinski definition) is 3. The highest BCUT2D eigenvalue weighted by Crippen LogP contribution is 2.18. The maximum atomic E-state index is 11.7. The molecule has 0 aromatic rings. The first kappa shape index (κ1) is 13.2. The van der Waals surface area contributed by atoms with E-state index in [9.17, 15) is 14.4 Å². The van der Waals surface area contributed by atoms with Gasteiger partial charge in [-0.05, 0) is 19.3 Å². The van der Waals surface area contributed by atoms with Gasteiger partial charge in [0.25, 0.3) is 0 Å². The second-order valence-electron chi connectivity index (χ2n) is 4.04. The van der Waals surface area contributed by atoms with E-state index in [1.807, 2.05) is 12.2 Å². The fraction of sp³-hybridized carbons (Fsp3) is 0.545. The number of rotatable bonds is 6. The molecule has 0 saturated carbocycles. The van der Waals surface area contributed by atoms with Gasteiger partial charge in [0, 0.05) is 12.3 Å². The zero-order valence-corrected chi connectivity index (χ0v) is 9.39. The molecule has 6 heteroatoms. The first-order valence-corrected chi connectivity index (χ1v) is 5.47. The highest BCUT2D eigenvalue weighted by atomic mass is 16.4. The smallest absolute Gasteiger partial charge is 0.326 e. The molecule has 0 heterocycles. The molecule has 94 valence electrons. The molecule has 0 aliphatic heterocycles. The lowest BCUT2D eigenvalue weighted by Gasteiger charge is -2.16. The van der Waals surface area contributed by atoms with Crippen LogP contribution in [0.2, 0.25) is 0 Å². The molecule has 6 nitrogen and oxygen atoms in total. The summed E-state index contributed by atoms with van der Waals surface area (Å²) in [6.45, 7) is 0. The molecule has 0 bridgehead atoms. The predicted octanol–water partition coefficient (Wildman–Crippen LogP) is -0.213. The second kappa shape index (κ2) is 6.03. The van der Waals surface area contributed by atoms with Crippen molar-refractivity contribution in [3.63, 3.8) is 0 Å². The van der Waals surface area contributed by atoms with Gasteiger partial charge in [-0.15, -0.1) is 0 Å². The van der Waals surface area contributed by atoms with Crippen LogP contribution in [-0.4, -0.2) is 28.9 Å². The van der Waals surface area contributed by atoms with Gasteiger partial charge in [-0.2, -0.15) is 0 Å². The summed E-state index contributed by atoms with van der Waals surface area (Å²) >= 11 is 0. The van der Waals surface area contributed by atoms with Crippen LogP contribution in [0.3, 0.4) is 0 Å². The Morgan fingerprint density at radius 1 is 1.35 bits per heavy atom. The molecule has 0 aromatic heterocycles. The van der Waals surface area contributed by atoms with E-state index in [-0.39, 0.29) is 24.7 Å². The SMILES string of the molecule is NC(=O)CC[C@H](NC(=O)C1CC=CC1)C(=O)O. The van der Waals surface area contributed by atoms with E-state index in [0.29, 0.717) is 12.8 Å². The fourth-order valence-corrected chi connectivity index (χ4v) is 1.66. The van der Waals surface area contributed by atoms with Gasteiger partial charge >= 0.3 is 5.97 Å². The van der Waals surface area contributed by atoms with Crippen LogP contribution in [0.5, 0.6) is 0 Å². The third-order valence-electron chi connectivity index (χ3n) is 2.67. The van der Waals surface area contributed by atoms with Gasteiger partial charge < -0.3 is 16.2 Å². The van der Waals surface area contributed by atoms with Crippen LogP contribution in [-0.2, 0) is 14.4 Å². The third kappa shape index (κ3) is 4.26. The number of hydrogen-bond acceptors (Lipinski definition) is 3. The van der Waals surface area contributed by atoms with Gasteiger partial charge in [-0.25, -0.2) is 4.79 Å². The molecule has 17 heavy (non-hydrogen) atoms. The minimum atomic E-state index is -1.15. The molecule has 0 unspecified atom stereocenters. The average Bonchev–Trinajstić information content (AvgIpc) is 2.76. The van der Waals surface area contributed by atoms with Crippen molar-refractivity contribution in [2.75, 3.05) is 0 Å². The summed E-state index contributed by atoms with van der Waals surface area (Å²) in [6.07, 6.45) is 5.02. The fourth-order valence-electron chi connectivity index (χ4n) is 1.66. The van der Waals surface area contributed by atoms with Crippen LogP contribution in [0.4, 0.5) is 0 Å². The number of carbonyl (C=O) groups excluding carboxylic acids is 2. The molecule has 0 spiro atoms. The van der Waals surface area contributed by atoms with Crippen LogP contribution >= 0.6 is 0 Å². The lowest BCUT2D eigenvalue weighted by Crippen LogP contribution is -2.43. The maximum Gasteiger partial charge on any atom is 0.326 e. The number of carboxylic acids is 1. The first-order chi connectivity index (χ1) is 8.00. The summed E-state index contributed by atoms with van der Waals surface area (Å²) in [5.74, 6) is -2.20. The molecule has 1 rings (SSSR count). The van der Waals surface area contributed by atoms with Gasteiger partial charge in [0.05, 0.1) is 0 Å². The van der Waals surface area contributed by atoms with Crippen molar-refractivity contribution in [1.29, 1.82) is 0 Å². The largest absolute Gasteiger partial charge is 0.480 e. The highest BCUT2D eigenvalue weighted by molar-refractivity contribution is 5.86. The van der Waals surface area contributed by atoms with E-state index in [1.165, 1.54) is 0 Å². The Morgan fingerprint density at radius 2 is 1.94 bits per heavy atom. The van der Waals surface area contributed by atoms with Gasteiger partial charge in [0.15, 0.2) is 0 Å². The highest BCUT2D eigenvalue weighted by Gasteiger charge is 2.25. The average molecular weight is 240 g/mol. The van der Waals surface area contributed by atoms with Crippen LogP contribution in [0.25, 0.3) is 0 Å². The van der Waals surface area contributed by atoms with Crippen molar-refractivity contribution in [2.24, 2.45) is 11.7 Å². The monoisotopic (exact) mass is 240 g/mol. The van der Waals surface area contributed by atoms with Crippen LogP contribution in [0.15, 0.2) is 12.2 Å². The van der Waals surface area contributed by atoms with E-state index < -0.39 is 17.9 Å². The Hall–Kier alpha value is -1.85. The lowest BCUT2D eigenvalue weighted by molar-refractivity contribution is -0.142. The maximum absolute atomic E-state index is 11.7. The number of primary amides is 1. The van der Waals surface area contributed by atoms with Gasteiger partial charge in [-0.1, -0.05) is 12.2 Å². The number of carboxylic acid groups (broad SMARTS) is 1. The Kier molecular flexibility index (Phi) is 4.68. The molecule has 4 N–H and O–H groups in total. The third-order valence-corrected chi connectivity index (χ3v) is 2.67. The van der Waals surface area contributed by atoms with E-state index >= 15 is 0 Å². The summed E-state index contributed by atoms with van der Waals surface area (Å²) in [6, 6.07) is -1.05. The first-order valence-electron chi connectivity index (χ1n) is 5.47. The van der Waals surface area contributed by atoms with Crippen molar-refractivity contribution in [2.45, 2.75) is 31.7 Å². The van der Waals surface area contributed by atoms with Crippen molar-refractivity contribution >= 4 is 17.8 Å². The number of allylic oxidation sites excluding steroid dienone is 2. The molecule has 1 atom stereocenters. The van der Waals surface area contributed by atoms with Gasteiger partial charge in [0.2, 0.25) is 11.8 Å². The van der Waals surface area contributed by atoms with Crippen LogP contribution < -0.4 is 11.1 Å². The predicted molar refractivity (Wildman–Crippen MR) is 59.9 cm³/mol. The number of carbonyl (C=O) groups is 3. The molecule has 0 radical (unpaired) electrons. The summed E-state index contributed by atoms with van der Waals surface area (Å²) in [7, 11) is 0. The molecule has 0 aromatic carbocycles. The summed E-state index contributed by atoms with van der Waals surface area (Å²) in [5, 5.41) is 11.3. The zero-order chi connectivity index (χ0) is 12.8. The summed E-state index contributed by atoms with van der Waals surface area (Å²) in [4.78, 5) is 33.1. The zero-order valence-electron chi connectivity index (χ0n) is 9.39. The molecule has 1 aliphatic carbocycles. The minimum Gasteiger partial charge on any atom is -0.480 e. The normalized spacial score (nSPS) is 16.7. The number of aliphatic carboxylic acids is 1. The van der Waals surface area contributed by atoms with Crippen molar-refractivity contribution < 1.29 is 19.5 Å². The van der Waals surface area contributed by atoms with E-state index in [2.05, 4.69) is 5.32 Å². The van der Waals surface area contributed by atoms with Crippen molar-refractivity contribution in [3.05, 3.63) is 12.2 Å². The van der Waals surface area contributed by atoms with Gasteiger partial charge in [-0.3, -0.25) is 9.59 Å². The minimum absolute atomic E-state index is 0.0244. The quantitative estimate of drug-likeness (QED) is 0.558. The molecule has 2 amide bonds. The Balaban J connectivity index is 2.45. The van der Waals surface area contributed by atoms with E-state index in [0.717, 1.165) is 0 Å². The topological polar surface area (TPSA) is 109 Å². The lowest BCUT2D eigenvalue weighted by atomic mass is 10.0.